The largest absolute Gasteiger partial charge is 0.372 e. The molecular weight excluding hydrogens is 310 g/mol. The first-order valence-electron chi connectivity index (χ1n) is 8.88. The molecule has 0 saturated carbocycles. The number of nitrogens with one attached hydrogen (secondary N) is 1. The van der Waals surface area contributed by atoms with E-state index < -0.39 is 0 Å². The van der Waals surface area contributed by atoms with Crippen LogP contribution in [0.15, 0.2) is 48.5 Å². The molecule has 0 radical (unpaired) electrons. The van der Waals surface area contributed by atoms with Crippen LogP contribution in [0.2, 0.25) is 0 Å². The van der Waals surface area contributed by atoms with Crippen LogP contribution in [0, 0.1) is 11.3 Å². The van der Waals surface area contributed by atoms with Gasteiger partial charge in [-0.25, -0.2) is 0 Å². The highest BCUT2D eigenvalue weighted by Gasteiger charge is 2.11. The Balaban J connectivity index is 1.41. The van der Waals surface area contributed by atoms with Crippen molar-refractivity contribution in [1.82, 2.24) is 5.32 Å². The number of nitriles is 1. The number of hydrogen-bond donors (Lipinski definition) is 1. The van der Waals surface area contributed by atoms with Gasteiger partial charge in [0.2, 0.25) is 0 Å². The van der Waals surface area contributed by atoms with Gasteiger partial charge < -0.3 is 10.2 Å². The molecule has 1 amide bonds. The summed E-state index contributed by atoms with van der Waals surface area (Å²) in [5.74, 6) is -0.0890. The number of aryl methyl sites for hydroxylation is 1. The Bertz CT molecular complexity index is 738. The van der Waals surface area contributed by atoms with E-state index in [2.05, 4.69) is 40.6 Å². The summed E-state index contributed by atoms with van der Waals surface area (Å²) < 4.78 is 0. The number of amides is 1. The monoisotopic (exact) mass is 333 g/mol. The van der Waals surface area contributed by atoms with E-state index in [-0.39, 0.29) is 5.91 Å². The van der Waals surface area contributed by atoms with E-state index in [1.807, 2.05) is 0 Å². The SMILES string of the molecule is N#Cc1ccc(C(=O)NCCCc2ccc(N3CCCC3)cc2)cc1. The van der Waals surface area contributed by atoms with Crippen molar-refractivity contribution in [2.45, 2.75) is 25.7 Å². The molecule has 0 aromatic heterocycles. The minimum Gasteiger partial charge on any atom is -0.372 e. The summed E-state index contributed by atoms with van der Waals surface area (Å²) in [5.41, 5.74) is 3.77. The second kappa shape index (κ2) is 8.34. The van der Waals surface area contributed by atoms with Gasteiger partial charge in [-0.3, -0.25) is 4.79 Å². The fraction of sp³-hybridized carbons (Fsp3) is 0.333. The second-order valence-electron chi connectivity index (χ2n) is 6.41. The molecule has 0 spiro atoms. The van der Waals surface area contributed by atoms with Crippen molar-refractivity contribution >= 4 is 11.6 Å². The van der Waals surface area contributed by atoms with Crippen molar-refractivity contribution in [3.63, 3.8) is 0 Å². The molecule has 0 aliphatic carbocycles. The van der Waals surface area contributed by atoms with Gasteiger partial charge in [-0.1, -0.05) is 12.1 Å². The van der Waals surface area contributed by atoms with E-state index in [0.29, 0.717) is 17.7 Å². The Morgan fingerprint density at radius 1 is 1.04 bits per heavy atom. The van der Waals surface area contributed by atoms with Gasteiger partial charge in [-0.05, 0) is 67.6 Å². The maximum Gasteiger partial charge on any atom is 0.251 e. The Hall–Kier alpha value is -2.80. The molecule has 4 heteroatoms. The average Bonchev–Trinajstić information content (AvgIpc) is 3.20. The number of benzene rings is 2. The van der Waals surface area contributed by atoms with Crippen LogP contribution in [0.4, 0.5) is 5.69 Å². The zero-order valence-corrected chi connectivity index (χ0v) is 14.4. The highest BCUT2D eigenvalue weighted by Crippen LogP contribution is 2.20. The summed E-state index contributed by atoms with van der Waals surface area (Å²) in [6, 6.07) is 17.5. The average molecular weight is 333 g/mol. The first-order valence-corrected chi connectivity index (χ1v) is 8.88. The first kappa shape index (κ1) is 17.0. The van der Waals surface area contributed by atoms with E-state index in [1.54, 1.807) is 24.3 Å². The molecule has 1 aliphatic rings. The van der Waals surface area contributed by atoms with E-state index in [1.165, 1.54) is 37.2 Å². The van der Waals surface area contributed by atoms with Crippen LogP contribution in [0.5, 0.6) is 0 Å². The fourth-order valence-corrected chi connectivity index (χ4v) is 3.14. The molecular formula is C21H23N3O. The lowest BCUT2D eigenvalue weighted by atomic mass is 10.1. The smallest absolute Gasteiger partial charge is 0.251 e. The minimum absolute atomic E-state index is 0.0890. The highest BCUT2D eigenvalue weighted by atomic mass is 16.1. The van der Waals surface area contributed by atoms with Crippen LogP contribution in [0.1, 0.15) is 40.7 Å². The van der Waals surface area contributed by atoms with Crippen LogP contribution < -0.4 is 10.2 Å². The third kappa shape index (κ3) is 4.60. The first-order chi connectivity index (χ1) is 12.3. The van der Waals surface area contributed by atoms with Crippen molar-refractivity contribution in [3.05, 3.63) is 65.2 Å². The number of anilines is 1. The summed E-state index contributed by atoms with van der Waals surface area (Å²) in [4.78, 5) is 14.5. The number of carbonyl (C=O) groups is 1. The van der Waals surface area contributed by atoms with Gasteiger partial charge in [0.1, 0.15) is 0 Å². The van der Waals surface area contributed by atoms with Crippen LogP contribution in [-0.2, 0) is 6.42 Å². The predicted octanol–water partition coefficient (Wildman–Crippen LogP) is 3.52. The lowest BCUT2D eigenvalue weighted by Gasteiger charge is -2.17. The summed E-state index contributed by atoms with van der Waals surface area (Å²) in [6.45, 7) is 2.98. The number of rotatable bonds is 6. The van der Waals surface area contributed by atoms with Crippen LogP contribution in [0.25, 0.3) is 0 Å². The predicted molar refractivity (Wildman–Crippen MR) is 99.7 cm³/mol. The second-order valence-corrected chi connectivity index (χ2v) is 6.41. The van der Waals surface area contributed by atoms with Gasteiger partial charge in [0, 0.05) is 30.9 Å². The normalized spacial score (nSPS) is 13.5. The molecule has 1 fully saturated rings. The molecule has 128 valence electrons. The molecule has 1 aliphatic heterocycles. The summed E-state index contributed by atoms with van der Waals surface area (Å²) in [5, 5.41) is 11.7. The van der Waals surface area contributed by atoms with Crippen LogP contribution in [-0.4, -0.2) is 25.5 Å². The van der Waals surface area contributed by atoms with E-state index >= 15 is 0 Å². The molecule has 1 saturated heterocycles. The van der Waals surface area contributed by atoms with Gasteiger partial charge in [0.05, 0.1) is 11.6 Å². The van der Waals surface area contributed by atoms with Crippen molar-refractivity contribution in [2.75, 3.05) is 24.5 Å². The van der Waals surface area contributed by atoms with Crippen molar-refractivity contribution in [3.8, 4) is 6.07 Å². The lowest BCUT2D eigenvalue weighted by molar-refractivity contribution is 0.0953. The van der Waals surface area contributed by atoms with Crippen LogP contribution >= 0.6 is 0 Å². The Labute approximate surface area is 149 Å². The molecule has 0 bridgehead atoms. The standard InChI is InChI=1S/C21H23N3O/c22-16-18-5-9-19(10-6-18)21(25)23-13-3-4-17-7-11-20(12-8-17)24-14-1-2-15-24/h5-12H,1-4,13-15H2,(H,23,25). The van der Waals surface area contributed by atoms with Crippen molar-refractivity contribution in [2.24, 2.45) is 0 Å². The molecule has 1 heterocycles. The van der Waals surface area contributed by atoms with E-state index in [0.717, 1.165) is 12.8 Å². The maximum atomic E-state index is 12.0. The summed E-state index contributed by atoms with van der Waals surface area (Å²) in [6.07, 6.45) is 4.44. The van der Waals surface area contributed by atoms with Crippen LogP contribution in [0.3, 0.4) is 0 Å². The number of nitrogens with zero attached hydrogens (tertiary/aromatic N) is 2. The quantitative estimate of drug-likeness (QED) is 0.823. The topological polar surface area (TPSA) is 56.1 Å². The zero-order chi connectivity index (χ0) is 17.5. The third-order valence-corrected chi connectivity index (χ3v) is 4.61. The molecule has 0 atom stereocenters. The number of carbonyl (C=O) groups excluding carboxylic acids is 1. The molecule has 25 heavy (non-hydrogen) atoms. The van der Waals surface area contributed by atoms with Crippen molar-refractivity contribution in [1.29, 1.82) is 5.26 Å². The molecule has 1 N–H and O–H groups in total. The lowest BCUT2D eigenvalue weighted by Crippen LogP contribution is -2.24. The van der Waals surface area contributed by atoms with Gasteiger partial charge in [0.25, 0.3) is 5.91 Å². The molecule has 3 rings (SSSR count). The molecule has 4 nitrogen and oxygen atoms in total. The molecule has 0 unspecified atom stereocenters. The Kier molecular flexibility index (Phi) is 5.69. The molecule has 2 aromatic carbocycles. The van der Waals surface area contributed by atoms with E-state index in [9.17, 15) is 4.79 Å². The zero-order valence-electron chi connectivity index (χ0n) is 14.4. The molecule has 2 aromatic rings. The van der Waals surface area contributed by atoms with Gasteiger partial charge >= 0.3 is 0 Å². The minimum atomic E-state index is -0.0890. The highest BCUT2D eigenvalue weighted by molar-refractivity contribution is 5.94. The van der Waals surface area contributed by atoms with Gasteiger partial charge in [0.15, 0.2) is 0 Å². The maximum absolute atomic E-state index is 12.0. The summed E-state index contributed by atoms with van der Waals surface area (Å²) in [7, 11) is 0. The van der Waals surface area contributed by atoms with Gasteiger partial charge in [-0.2, -0.15) is 5.26 Å². The van der Waals surface area contributed by atoms with Crippen molar-refractivity contribution < 1.29 is 4.79 Å². The number of hydrogen-bond acceptors (Lipinski definition) is 3. The third-order valence-electron chi connectivity index (χ3n) is 4.61. The van der Waals surface area contributed by atoms with E-state index in [4.69, 9.17) is 5.26 Å². The Morgan fingerprint density at radius 2 is 1.72 bits per heavy atom. The summed E-state index contributed by atoms with van der Waals surface area (Å²) >= 11 is 0. The Morgan fingerprint density at radius 3 is 2.36 bits per heavy atom. The fourth-order valence-electron chi connectivity index (χ4n) is 3.14. The van der Waals surface area contributed by atoms with Gasteiger partial charge in [-0.15, -0.1) is 0 Å².